The molecule has 0 spiro atoms. The topological polar surface area (TPSA) is 85.3 Å². The molecule has 0 bridgehead atoms. The number of fused-ring (bicyclic) bond motifs is 1. The van der Waals surface area contributed by atoms with Gasteiger partial charge in [-0.1, -0.05) is 30.3 Å². The number of amides is 1. The fourth-order valence-electron chi connectivity index (χ4n) is 2.29. The minimum atomic E-state index is -0.424. The van der Waals surface area contributed by atoms with Crippen molar-refractivity contribution in [1.82, 2.24) is 14.6 Å². The van der Waals surface area contributed by atoms with E-state index >= 15 is 0 Å². The average molecular weight is 295 g/mol. The van der Waals surface area contributed by atoms with E-state index in [1.54, 1.807) is 4.52 Å². The van der Waals surface area contributed by atoms with E-state index in [9.17, 15) is 4.79 Å². The van der Waals surface area contributed by atoms with Crippen LogP contribution in [-0.4, -0.2) is 27.0 Å². The van der Waals surface area contributed by atoms with Crippen molar-refractivity contribution in [3.05, 3.63) is 47.7 Å². The van der Waals surface area contributed by atoms with Crippen LogP contribution in [0.2, 0.25) is 0 Å². The molecule has 22 heavy (non-hydrogen) atoms. The first-order chi connectivity index (χ1) is 10.6. The number of nitrogens with one attached hydrogen (secondary N) is 1. The first kappa shape index (κ1) is 14.1. The molecule has 0 fully saturated rings. The summed E-state index contributed by atoms with van der Waals surface area (Å²) in [6, 6.07) is 11.8. The lowest BCUT2D eigenvalue weighted by atomic mass is 10.1. The molecule has 6 heteroatoms. The van der Waals surface area contributed by atoms with Gasteiger partial charge >= 0.3 is 0 Å². The Bertz CT molecular complexity index is 839. The van der Waals surface area contributed by atoms with Gasteiger partial charge in [0.15, 0.2) is 5.65 Å². The fraction of sp³-hybridized carbons (Fsp3) is 0.188. The molecule has 2 heterocycles. The molecule has 0 unspecified atom stereocenters. The Kier molecular flexibility index (Phi) is 3.50. The van der Waals surface area contributed by atoms with E-state index in [-0.39, 0.29) is 6.54 Å². The molecule has 3 rings (SSSR count). The third-order valence-electron chi connectivity index (χ3n) is 3.57. The van der Waals surface area contributed by atoms with Crippen molar-refractivity contribution in [1.29, 1.82) is 0 Å². The van der Waals surface area contributed by atoms with Gasteiger partial charge in [0.25, 0.3) is 0 Å². The highest BCUT2D eigenvalue weighted by molar-refractivity contribution is 5.79. The molecule has 0 radical (unpaired) electrons. The molecule has 1 aromatic carbocycles. The van der Waals surface area contributed by atoms with Crippen LogP contribution in [0, 0.1) is 13.8 Å². The monoisotopic (exact) mass is 295 g/mol. The van der Waals surface area contributed by atoms with E-state index in [0.717, 1.165) is 28.2 Å². The number of nitrogens with zero attached hydrogens (tertiary/aromatic N) is 3. The predicted octanol–water partition coefficient (Wildman–Crippen LogP) is 1.91. The van der Waals surface area contributed by atoms with Crippen molar-refractivity contribution in [3.63, 3.8) is 0 Å². The largest absolute Gasteiger partial charge is 0.368 e. The maximum absolute atomic E-state index is 11.1. The molecule has 1 amide bonds. The van der Waals surface area contributed by atoms with Crippen molar-refractivity contribution in [2.45, 2.75) is 13.8 Å². The maximum atomic E-state index is 11.1. The van der Waals surface area contributed by atoms with E-state index in [1.807, 2.05) is 50.2 Å². The Balaban J connectivity index is 2.18. The molecular weight excluding hydrogens is 278 g/mol. The molecule has 3 N–H and O–H groups in total. The van der Waals surface area contributed by atoms with Crippen molar-refractivity contribution >= 4 is 17.4 Å². The van der Waals surface area contributed by atoms with Crippen LogP contribution < -0.4 is 11.1 Å². The molecule has 0 aliphatic rings. The summed E-state index contributed by atoms with van der Waals surface area (Å²) in [4.78, 5) is 15.7. The van der Waals surface area contributed by atoms with Crippen molar-refractivity contribution in [2.75, 3.05) is 11.9 Å². The predicted molar refractivity (Wildman–Crippen MR) is 85.6 cm³/mol. The number of carbonyl (C=O) groups excluding carboxylic acids is 1. The van der Waals surface area contributed by atoms with Crippen molar-refractivity contribution in [3.8, 4) is 11.3 Å². The van der Waals surface area contributed by atoms with Crippen LogP contribution in [0.25, 0.3) is 16.9 Å². The summed E-state index contributed by atoms with van der Waals surface area (Å²) in [5.41, 5.74) is 9.73. The molecule has 0 aliphatic heterocycles. The molecule has 0 aliphatic carbocycles. The molecule has 0 saturated carbocycles. The smallest absolute Gasteiger partial charge is 0.236 e. The number of aromatic nitrogens is 3. The molecule has 112 valence electrons. The quantitative estimate of drug-likeness (QED) is 0.770. The van der Waals surface area contributed by atoms with Crippen molar-refractivity contribution < 1.29 is 4.79 Å². The summed E-state index contributed by atoms with van der Waals surface area (Å²) < 4.78 is 1.71. The van der Waals surface area contributed by atoms with Gasteiger partial charge in [-0.05, 0) is 13.8 Å². The molecule has 3 aromatic rings. The normalized spacial score (nSPS) is 10.8. The second-order valence-corrected chi connectivity index (χ2v) is 5.16. The summed E-state index contributed by atoms with van der Waals surface area (Å²) >= 11 is 0. The van der Waals surface area contributed by atoms with Gasteiger partial charge in [0.1, 0.15) is 5.82 Å². The minimum Gasteiger partial charge on any atom is -0.368 e. The Hall–Kier alpha value is -2.89. The number of nitrogens with two attached hydrogens (primary N) is 1. The third kappa shape index (κ3) is 2.50. The lowest BCUT2D eigenvalue weighted by Crippen LogP contribution is -2.23. The lowest BCUT2D eigenvalue weighted by molar-refractivity contribution is -0.116. The number of hydrogen-bond donors (Lipinski definition) is 2. The fourth-order valence-corrected chi connectivity index (χ4v) is 2.29. The van der Waals surface area contributed by atoms with E-state index < -0.39 is 5.91 Å². The number of hydrogen-bond acceptors (Lipinski definition) is 4. The number of aryl methyl sites for hydroxylation is 2. The maximum Gasteiger partial charge on any atom is 0.236 e. The second-order valence-electron chi connectivity index (χ2n) is 5.16. The number of benzene rings is 1. The van der Waals surface area contributed by atoms with Crippen LogP contribution in [0.1, 0.15) is 11.3 Å². The zero-order valence-corrected chi connectivity index (χ0v) is 12.5. The van der Waals surface area contributed by atoms with E-state index in [4.69, 9.17) is 10.7 Å². The van der Waals surface area contributed by atoms with Gasteiger partial charge < -0.3 is 11.1 Å². The number of carbonyl (C=O) groups is 1. The van der Waals surface area contributed by atoms with Crippen LogP contribution in [-0.2, 0) is 4.79 Å². The SMILES string of the molecule is Cc1nn2c(NCC(N)=O)cc(-c3ccccc3)nc2c1C. The Morgan fingerprint density at radius 2 is 2.00 bits per heavy atom. The summed E-state index contributed by atoms with van der Waals surface area (Å²) in [5, 5.41) is 7.49. The first-order valence-corrected chi connectivity index (χ1v) is 7.01. The molecular formula is C16H17N5O. The highest BCUT2D eigenvalue weighted by atomic mass is 16.1. The second kappa shape index (κ2) is 5.48. The lowest BCUT2D eigenvalue weighted by Gasteiger charge is -2.09. The van der Waals surface area contributed by atoms with E-state index in [2.05, 4.69) is 10.4 Å². The van der Waals surface area contributed by atoms with Gasteiger partial charge in [0.05, 0.1) is 17.9 Å². The highest BCUT2D eigenvalue weighted by Crippen LogP contribution is 2.24. The molecule has 0 saturated heterocycles. The zero-order chi connectivity index (χ0) is 15.7. The summed E-state index contributed by atoms with van der Waals surface area (Å²) in [6.45, 7) is 3.96. The van der Waals surface area contributed by atoms with E-state index in [0.29, 0.717) is 5.82 Å². The number of anilines is 1. The van der Waals surface area contributed by atoms with Crippen LogP contribution in [0.4, 0.5) is 5.82 Å². The number of primary amides is 1. The Labute approximate surface area is 128 Å². The van der Waals surface area contributed by atoms with Gasteiger partial charge in [0, 0.05) is 17.2 Å². The van der Waals surface area contributed by atoms with Crippen LogP contribution in [0.5, 0.6) is 0 Å². The van der Waals surface area contributed by atoms with Gasteiger partial charge in [-0.25, -0.2) is 4.98 Å². The highest BCUT2D eigenvalue weighted by Gasteiger charge is 2.13. The molecule has 0 atom stereocenters. The average Bonchev–Trinajstić information content (AvgIpc) is 2.81. The van der Waals surface area contributed by atoms with E-state index in [1.165, 1.54) is 0 Å². The molecule has 2 aromatic heterocycles. The Morgan fingerprint density at radius 1 is 1.27 bits per heavy atom. The Morgan fingerprint density at radius 3 is 2.68 bits per heavy atom. The third-order valence-corrected chi connectivity index (χ3v) is 3.57. The van der Waals surface area contributed by atoms with Gasteiger partial charge in [-0.2, -0.15) is 9.61 Å². The summed E-state index contributed by atoms with van der Waals surface area (Å²) in [5.74, 6) is 0.269. The first-order valence-electron chi connectivity index (χ1n) is 7.01. The molecule has 6 nitrogen and oxygen atoms in total. The van der Waals surface area contributed by atoms with Crippen molar-refractivity contribution in [2.24, 2.45) is 5.73 Å². The van der Waals surface area contributed by atoms with Gasteiger partial charge in [-0.15, -0.1) is 0 Å². The van der Waals surface area contributed by atoms with Crippen LogP contribution >= 0.6 is 0 Å². The zero-order valence-electron chi connectivity index (χ0n) is 12.5. The summed E-state index contributed by atoms with van der Waals surface area (Å²) in [7, 11) is 0. The van der Waals surface area contributed by atoms with Crippen LogP contribution in [0.15, 0.2) is 36.4 Å². The van der Waals surface area contributed by atoms with Gasteiger partial charge in [-0.3, -0.25) is 4.79 Å². The standard InChI is InChI=1S/C16H17N5O/c1-10-11(2)20-21-15(18-9-14(17)22)8-13(19-16(10)21)12-6-4-3-5-7-12/h3-8,18H,9H2,1-2H3,(H2,17,22). The number of rotatable bonds is 4. The van der Waals surface area contributed by atoms with Crippen LogP contribution in [0.3, 0.4) is 0 Å². The summed E-state index contributed by atoms with van der Waals surface area (Å²) in [6.07, 6.45) is 0. The minimum absolute atomic E-state index is 0.0469. The van der Waals surface area contributed by atoms with Gasteiger partial charge in [0.2, 0.25) is 5.91 Å².